The molecule has 118 valence electrons. The molecule has 0 saturated heterocycles. The van der Waals surface area contributed by atoms with Crippen molar-refractivity contribution in [3.63, 3.8) is 0 Å². The molecule has 0 radical (unpaired) electrons. The van der Waals surface area contributed by atoms with E-state index in [1.165, 1.54) is 0 Å². The molecule has 0 bridgehead atoms. The van der Waals surface area contributed by atoms with Gasteiger partial charge in [-0.3, -0.25) is 4.79 Å². The van der Waals surface area contributed by atoms with Crippen LogP contribution < -0.4 is 11.1 Å². The Morgan fingerprint density at radius 2 is 2.38 bits per heavy atom. The molecule has 2 rings (SSSR count). The van der Waals surface area contributed by atoms with Crippen LogP contribution in [0.2, 0.25) is 0 Å². The first-order valence-electron chi connectivity index (χ1n) is 7.52. The van der Waals surface area contributed by atoms with Gasteiger partial charge in [-0.05, 0) is 12.3 Å². The maximum absolute atomic E-state index is 12.1. The van der Waals surface area contributed by atoms with Crippen LogP contribution in [0.25, 0.3) is 0 Å². The average molecular weight is 295 g/mol. The molecule has 7 nitrogen and oxygen atoms in total. The van der Waals surface area contributed by atoms with E-state index in [9.17, 15) is 4.79 Å². The Hall–Kier alpha value is -1.47. The van der Waals surface area contributed by atoms with Gasteiger partial charge in [-0.25, -0.2) is 9.67 Å². The van der Waals surface area contributed by atoms with Gasteiger partial charge in [0.15, 0.2) is 5.82 Å². The highest BCUT2D eigenvalue weighted by molar-refractivity contribution is 5.82. The van der Waals surface area contributed by atoms with Crippen LogP contribution >= 0.6 is 0 Å². The smallest absolute Gasteiger partial charge is 0.237 e. The molecule has 3 N–H and O–H groups in total. The first-order valence-corrected chi connectivity index (χ1v) is 7.52. The Labute approximate surface area is 125 Å². The second kappa shape index (κ2) is 7.00. The van der Waals surface area contributed by atoms with E-state index in [1.807, 2.05) is 18.5 Å². The summed E-state index contributed by atoms with van der Waals surface area (Å²) in [6.07, 6.45) is 2.57. The van der Waals surface area contributed by atoms with Crippen LogP contribution in [0.3, 0.4) is 0 Å². The van der Waals surface area contributed by atoms with Crippen LogP contribution in [0.1, 0.15) is 38.3 Å². The Morgan fingerprint density at radius 1 is 1.62 bits per heavy atom. The molecule has 1 aliphatic rings. The summed E-state index contributed by atoms with van der Waals surface area (Å²) in [5.74, 6) is 1.76. The van der Waals surface area contributed by atoms with Crippen molar-refractivity contribution in [3.8, 4) is 0 Å². The number of aromatic nitrogens is 3. The maximum atomic E-state index is 12.1. The quantitative estimate of drug-likeness (QED) is 0.783. The van der Waals surface area contributed by atoms with Gasteiger partial charge in [0.2, 0.25) is 5.91 Å². The van der Waals surface area contributed by atoms with Crippen LogP contribution in [-0.4, -0.2) is 39.9 Å². The number of nitrogens with two attached hydrogens (primary N) is 1. The number of rotatable bonds is 6. The van der Waals surface area contributed by atoms with Crippen molar-refractivity contribution in [2.24, 2.45) is 11.7 Å². The summed E-state index contributed by atoms with van der Waals surface area (Å²) in [5, 5.41) is 7.42. The number of nitrogens with one attached hydrogen (secondary N) is 1. The van der Waals surface area contributed by atoms with Gasteiger partial charge in [0.05, 0.1) is 12.6 Å². The number of carbonyl (C=O) groups excluding carboxylic acids is 1. The highest BCUT2D eigenvalue weighted by atomic mass is 16.5. The third-order valence-electron chi connectivity index (χ3n) is 4.08. The fourth-order valence-electron chi connectivity index (χ4n) is 2.48. The van der Waals surface area contributed by atoms with E-state index >= 15 is 0 Å². The number of nitrogens with zero attached hydrogens (tertiary/aromatic N) is 3. The molecular weight excluding hydrogens is 270 g/mol. The fraction of sp³-hybridized carbons (Fsp3) is 0.786. The molecule has 2 heterocycles. The lowest BCUT2D eigenvalue weighted by Crippen LogP contribution is -2.50. The van der Waals surface area contributed by atoms with Gasteiger partial charge in [-0.2, -0.15) is 5.10 Å². The molecule has 3 atom stereocenters. The molecule has 1 aliphatic heterocycles. The van der Waals surface area contributed by atoms with Crippen molar-refractivity contribution in [2.75, 3.05) is 7.11 Å². The molecule has 1 aromatic rings. The lowest BCUT2D eigenvalue weighted by molar-refractivity contribution is -0.124. The number of ether oxygens (including phenoxy) is 1. The molecule has 1 amide bonds. The molecule has 0 aromatic carbocycles. The number of fused-ring (bicyclic) bond motifs is 1. The van der Waals surface area contributed by atoms with Gasteiger partial charge in [0.1, 0.15) is 12.4 Å². The first kappa shape index (κ1) is 15.9. The molecule has 21 heavy (non-hydrogen) atoms. The van der Waals surface area contributed by atoms with E-state index in [0.717, 1.165) is 25.1 Å². The molecule has 0 fully saturated rings. The van der Waals surface area contributed by atoms with E-state index in [4.69, 9.17) is 10.5 Å². The third kappa shape index (κ3) is 3.79. The van der Waals surface area contributed by atoms with Crippen LogP contribution in [-0.2, 0) is 29.1 Å². The fourth-order valence-corrected chi connectivity index (χ4v) is 2.48. The van der Waals surface area contributed by atoms with Gasteiger partial charge < -0.3 is 15.8 Å². The standard InChI is InChI=1S/C14H25N5O2/c1-4-9(2)13(15)14(20)16-10-5-6-12-17-11(8-21-3)18-19(12)7-10/h9-10,13H,4-8,15H2,1-3H3,(H,16,20). The summed E-state index contributed by atoms with van der Waals surface area (Å²) in [4.78, 5) is 16.6. The minimum atomic E-state index is -0.448. The van der Waals surface area contributed by atoms with E-state index in [1.54, 1.807) is 7.11 Å². The number of carbonyl (C=O) groups is 1. The number of methoxy groups -OCH3 is 1. The van der Waals surface area contributed by atoms with Gasteiger partial charge in [0, 0.05) is 19.6 Å². The lowest BCUT2D eigenvalue weighted by atomic mass is 9.98. The van der Waals surface area contributed by atoms with Gasteiger partial charge >= 0.3 is 0 Å². The summed E-state index contributed by atoms with van der Waals surface area (Å²) >= 11 is 0. The Morgan fingerprint density at radius 3 is 3.05 bits per heavy atom. The topological polar surface area (TPSA) is 95.1 Å². The first-order chi connectivity index (χ1) is 10.0. The minimum Gasteiger partial charge on any atom is -0.377 e. The molecule has 3 unspecified atom stereocenters. The summed E-state index contributed by atoms with van der Waals surface area (Å²) in [6, 6.07) is -0.381. The zero-order valence-electron chi connectivity index (χ0n) is 13.0. The number of aryl methyl sites for hydroxylation is 1. The number of hydrogen-bond donors (Lipinski definition) is 2. The van der Waals surface area contributed by atoms with Crippen LogP contribution in [0, 0.1) is 5.92 Å². The van der Waals surface area contributed by atoms with Crippen molar-refractivity contribution in [1.29, 1.82) is 0 Å². The monoisotopic (exact) mass is 295 g/mol. The largest absolute Gasteiger partial charge is 0.377 e. The van der Waals surface area contributed by atoms with Crippen LogP contribution in [0.5, 0.6) is 0 Å². The van der Waals surface area contributed by atoms with Crippen molar-refractivity contribution in [3.05, 3.63) is 11.6 Å². The highest BCUT2D eigenvalue weighted by Gasteiger charge is 2.26. The molecule has 0 aliphatic carbocycles. The number of hydrogen-bond acceptors (Lipinski definition) is 5. The maximum Gasteiger partial charge on any atom is 0.237 e. The molecule has 0 spiro atoms. The molecule has 1 aromatic heterocycles. The summed E-state index contributed by atoms with van der Waals surface area (Å²) in [7, 11) is 1.62. The van der Waals surface area contributed by atoms with E-state index in [2.05, 4.69) is 15.4 Å². The third-order valence-corrected chi connectivity index (χ3v) is 4.08. The molecule has 0 saturated carbocycles. The Balaban J connectivity index is 1.93. The summed E-state index contributed by atoms with van der Waals surface area (Å²) in [5.41, 5.74) is 5.96. The van der Waals surface area contributed by atoms with E-state index in [-0.39, 0.29) is 17.9 Å². The van der Waals surface area contributed by atoms with Gasteiger partial charge in [-0.1, -0.05) is 20.3 Å². The highest BCUT2D eigenvalue weighted by Crippen LogP contribution is 2.14. The predicted octanol–water partition coefficient (Wildman–Crippen LogP) is 0.229. The summed E-state index contributed by atoms with van der Waals surface area (Å²) < 4.78 is 6.90. The van der Waals surface area contributed by atoms with E-state index in [0.29, 0.717) is 19.0 Å². The van der Waals surface area contributed by atoms with E-state index < -0.39 is 6.04 Å². The predicted molar refractivity (Wildman–Crippen MR) is 78.4 cm³/mol. The van der Waals surface area contributed by atoms with Crippen LogP contribution in [0.4, 0.5) is 0 Å². The van der Waals surface area contributed by atoms with Crippen molar-refractivity contribution in [1.82, 2.24) is 20.1 Å². The normalized spacial score (nSPS) is 20.7. The Bertz CT molecular complexity index is 488. The van der Waals surface area contributed by atoms with Crippen molar-refractivity contribution < 1.29 is 9.53 Å². The lowest BCUT2D eigenvalue weighted by Gasteiger charge is -2.26. The number of amides is 1. The second-order valence-electron chi connectivity index (χ2n) is 5.71. The zero-order valence-corrected chi connectivity index (χ0v) is 13.0. The summed E-state index contributed by atoms with van der Waals surface area (Å²) in [6.45, 7) is 5.09. The Kier molecular flexibility index (Phi) is 5.30. The minimum absolute atomic E-state index is 0.0669. The van der Waals surface area contributed by atoms with Gasteiger partial charge in [-0.15, -0.1) is 0 Å². The van der Waals surface area contributed by atoms with Crippen molar-refractivity contribution >= 4 is 5.91 Å². The molecular formula is C14H25N5O2. The zero-order chi connectivity index (χ0) is 15.4. The average Bonchev–Trinajstić information content (AvgIpc) is 2.87. The van der Waals surface area contributed by atoms with Gasteiger partial charge in [0.25, 0.3) is 0 Å². The van der Waals surface area contributed by atoms with Crippen LogP contribution in [0.15, 0.2) is 0 Å². The second-order valence-corrected chi connectivity index (χ2v) is 5.71. The van der Waals surface area contributed by atoms with Crippen molar-refractivity contribution in [2.45, 2.75) is 58.3 Å². The molecule has 7 heteroatoms. The SMILES string of the molecule is CCC(C)C(N)C(=O)NC1CCc2nc(COC)nn2C1.